The first-order valence-electron chi connectivity index (χ1n) is 4.47. The highest BCUT2D eigenvalue weighted by Gasteiger charge is 2.37. The predicted molar refractivity (Wildman–Crippen MR) is 58.5 cm³/mol. The molecule has 76 valence electrons. The van der Waals surface area contributed by atoms with Crippen molar-refractivity contribution < 1.29 is 10.2 Å². The van der Waals surface area contributed by atoms with Crippen molar-refractivity contribution in [3.63, 3.8) is 0 Å². The van der Waals surface area contributed by atoms with Crippen molar-refractivity contribution >= 4 is 21.6 Å². The van der Waals surface area contributed by atoms with E-state index in [0.29, 0.717) is 6.54 Å². The maximum absolute atomic E-state index is 9.32. The standard InChI is InChI=1S/C10H12BrNO2/c11-7-1-2-8-9(3-7)12-4-10(8,5-13)6-14/h1-3,12-14H,4-6H2. The number of halogens is 1. The summed E-state index contributed by atoms with van der Waals surface area (Å²) in [4.78, 5) is 0. The Labute approximate surface area is 90.9 Å². The zero-order chi connectivity index (χ0) is 10.2. The molecule has 3 nitrogen and oxygen atoms in total. The number of fused-ring (bicyclic) bond motifs is 1. The second kappa shape index (κ2) is 3.53. The van der Waals surface area contributed by atoms with Crippen LogP contribution in [-0.4, -0.2) is 30.0 Å². The SMILES string of the molecule is OCC1(CO)CNc2cc(Br)ccc21. The van der Waals surface area contributed by atoms with Crippen molar-refractivity contribution in [3.8, 4) is 0 Å². The summed E-state index contributed by atoms with van der Waals surface area (Å²) in [6.07, 6.45) is 0. The molecule has 0 aromatic heterocycles. The molecule has 2 rings (SSSR count). The Bertz CT molecular complexity index is 350. The van der Waals surface area contributed by atoms with E-state index in [9.17, 15) is 10.2 Å². The van der Waals surface area contributed by atoms with Gasteiger partial charge in [-0.15, -0.1) is 0 Å². The lowest BCUT2D eigenvalue weighted by atomic mass is 9.84. The van der Waals surface area contributed by atoms with Crippen LogP contribution in [0.5, 0.6) is 0 Å². The van der Waals surface area contributed by atoms with E-state index < -0.39 is 5.41 Å². The Morgan fingerprint density at radius 1 is 1.36 bits per heavy atom. The van der Waals surface area contributed by atoms with Crippen LogP contribution in [0.1, 0.15) is 5.56 Å². The molecule has 0 radical (unpaired) electrons. The topological polar surface area (TPSA) is 52.5 Å². The van der Waals surface area contributed by atoms with Crippen LogP contribution in [0.25, 0.3) is 0 Å². The van der Waals surface area contributed by atoms with E-state index in [4.69, 9.17) is 0 Å². The van der Waals surface area contributed by atoms with Gasteiger partial charge in [-0.3, -0.25) is 0 Å². The van der Waals surface area contributed by atoms with Crippen LogP contribution >= 0.6 is 15.9 Å². The van der Waals surface area contributed by atoms with Crippen LogP contribution in [0.4, 0.5) is 5.69 Å². The van der Waals surface area contributed by atoms with Crippen molar-refractivity contribution in [3.05, 3.63) is 28.2 Å². The Hall–Kier alpha value is -0.580. The summed E-state index contributed by atoms with van der Waals surface area (Å²) in [6, 6.07) is 5.82. The summed E-state index contributed by atoms with van der Waals surface area (Å²) < 4.78 is 0.996. The third-order valence-corrected chi connectivity index (χ3v) is 3.27. The highest BCUT2D eigenvalue weighted by Crippen LogP contribution is 2.37. The van der Waals surface area contributed by atoms with E-state index in [2.05, 4.69) is 21.2 Å². The molecule has 0 bridgehead atoms. The molecule has 1 aliphatic rings. The number of aliphatic hydroxyl groups excluding tert-OH is 2. The quantitative estimate of drug-likeness (QED) is 0.744. The Morgan fingerprint density at radius 3 is 2.71 bits per heavy atom. The third kappa shape index (κ3) is 1.34. The van der Waals surface area contributed by atoms with Crippen molar-refractivity contribution in [2.24, 2.45) is 0 Å². The van der Waals surface area contributed by atoms with Crippen LogP contribution in [0.3, 0.4) is 0 Å². The first-order valence-corrected chi connectivity index (χ1v) is 5.27. The van der Waals surface area contributed by atoms with Gasteiger partial charge in [0.1, 0.15) is 0 Å². The number of anilines is 1. The lowest BCUT2D eigenvalue weighted by Crippen LogP contribution is -2.36. The minimum atomic E-state index is -0.518. The lowest BCUT2D eigenvalue weighted by molar-refractivity contribution is 0.130. The fourth-order valence-electron chi connectivity index (χ4n) is 1.82. The molecule has 0 aliphatic carbocycles. The smallest absolute Gasteiger partial charge is 0.0607 e. The highest BCUT2D eigenvalue weighted by atomic mass is 79.9. The molecular weight excluding hydrogens is 246 g/mol. The maximum atomic E-state index is 9.32. The van der Waals surface area contributed by atoms with Gasteiger partial charge in [0.2, 0.25) is 0 Å². The van der Waals surface area contributed by atoms with E-state index in [1.165, 1.54) is 0 Å². The van der Waals surface area contributed by atoms with Crippen LogP contribution < -0.4 is 5.32 Å². The molecule has 4 heteroatoms. The predicted octanol–water partition coefficient (Wildman–Crippen LogP) is 1.10. The van der Waals surface area contributed by atoms with Gasteiger partial charge in [0.25, 0.3) is 0 Å². The van der Waals surface area contributed by atoms with E-state index in [1.54, 1.807) is 0 Å². The average Bonchev–Trinajstić information content (AvgIpc) is 2.56. The molecule has 0 spiro atoms. The highest BCUT2D eigenvalue weighted by molar-refractivity contribution is 9.10. The van der Waals surface area contributed by atoms with Crippen LogP contribution in [0.15, 0.2) is 22.7 Å². The Morgan fingerprint density at radius 2 is 2.07 bits per heavy atom. The average molecular weight is 258 g/mol. The summed E-state index contributed by atoms with van der Waals surface area (Å²) in [6.45, 7) is 0.516. The molecule has 14 heavy (non-hydrogen) atoms. The molecule has 0 fully saturated rings. The van der Waals surface area contributed by atoms with Gasteiger partial charge in [-0.2, -0.15) is 0 Å². The number of aliphatic hydroxyl groups is 2. The van der Waals surface area contributed by atoms with Gasteiger partial charge >= 0.3 is 0 Å². The molecule has 0 saturated carbocycles. The molecule has 1 aliphatic heterocycles. The van der Waals surface area contributed by atoms with Gasteiger partial charge in [-0.25, -0.2) is 0 Å². The second-order valence-corrected chi connectivity index (χ2v) is 4.56. The summed E-state index contributed by atoms with van der Waals surface area (Å²) >= 11 is 3.38. The van der Waals surface area contributed by atoms with E-state index in [-0.39, 0.29) is 13.2 Å². The summed E-state index contributed by atoms with van der Waals surface area (Å²) in [7, 11) is 0. The first-order chi connectivity index (χ1) is 6.72. The zero-order valence-electron chi connectivity index (χ0n) is 7.63. The molecule has 0 amide bonds. The maximum Gasteiger partial charge on any atom is 0.0607 e. The molecule has 3 N–H and O–H groups in total. The van der Waals surface area contributed by atoms with Gasteiger partial charge in [0.05, 0.1) is 18.6 Å². The van der Waals surface area contributed by atoms with E-state index >= 15 is 0 Å². The van der Waals surface area contributed by atoms with Gasteiger partial charge in [-0.05, 0) is 17.7 Å². The number of hydrogen-bond donors (Lipinski definition) is 3. The summed E-state index contributed by atoms with van der Waals surface area (Å²) in [5.41, 5.74) is 1.46. The summed E-state index contributed by atoms with van der Waals surface area (Å²) in [5.74, 6) is 0. The van der Waals surface area contributed by atoms with Crippen LogP contribution in [0.2, 0.25) is 0 Å². The fourth-order valence-corrected chi connectivity index (χ4v) is 2.18. The molecule has 1 heterocycles. The van der Waals surface area contributed by atoms with Crippen LogP contribution in [-0.2, 0) is 5.41 Å². The van der Waals surface area contributed by atoms with Gasteiger partial charge < -0.3 is 15.5 Å². The van der Waals surface area contributed by atoms with E-state index in [0.717, 1.165) is 15.7 Å². The number of benzene rings is 1. The largest absolute Gasteiger partial charge is 0.395 e. The summed E-state index contributed by atoms with van der Waals surface area (Å²) in [5, 5.41) is 21.8. The lowest BCUT2D eigenvalue weighted by Gasteiger charge is -2.23. The van der Waals surface area contributed by atoms with Crippen molar-refractivity contribution in [2.45, 2.75) is 5.41 Å². The van der Waals surface area contributed by atoms with Gasteiger partial charge in [0.15, 0.2) is 0 Å². The van der Waals surface area contributed by atoms with Crippen molar-refractivity contribution in [1.29, 1.82) is 0 Å². The zero-order valence-corrected chi connectivity index (χ0v) is 9.21. The first kappa shape index (κ1) is 9.96. The number of rotatable bonds is 2. The van der Waals surface area contributed by atoms with E-state index in [1.807, 2.05) is 18.2 Å². The van der Waals surface area contributed by atoms with Crippen LogP contribution in [0, 0.1) is 0 Å². The molecular formula is C10H12BrNO2. The van der Waals surface area contributed by atoms with Gasteiger partial charge in [0, 0.05) is 16.7 Å². The Balaban J connectivity index is 2.48. The number of nitrogens with one attached hydrogen (secondary N) is 1. The third-order valence-electron chi connectivity index (χ3n) is 2.78. The second-order valence-electron chi connectivity index (χ2n) is 3.64. The number of hydrogen-bond acceptors (Lipinski definition) is 3. The monoisotopic (exact) mass is 257 g/mol. The Kier molecular flexibility index (Phi) is 2.51. The minimum absolute atomic E-state index is 0.0366. The molecule has 1 aromatic rings. The molecule has 1 aromatic carbocycles. The van der Waals surface area contributed by atoms with Gasteiger partial charge in [-0.1, -0.05) is 22.0 Å². The normalized spacial score (nSPS) is 17.6. The van der Waals surface area contributed by atoms with Crippen molar-refractivity contribution in [1.82, 2.24) is 0 Å². The molecule has 0 unspecified atom stereocenters. The molecule has 0 atom stereocenters. The fraction of sp³-hybridized carbons (Fsp3) is 0.400. The minimum Gasteiger partial charge on any atom is -0.395 e. The molecule has 0 saturated heterocycles. The van der Waals surface area contributed by atoms with Crippen molar-refractivity contribution in [2.75, 3.05) is 25.1 Å².